The minimum absolute atomic E-state index is 0.105. The summed E-state index contributed by atoms with van der Waals surface area (Å²) in [4.78, 5) is 0. The lowest BCUT2D eigenvalue weighted by atomic mass is 9.85. The van der Waals surface area contributed by atoms with Crippen molar-refractivity contribution in [3.63, 3.8) is 0 Å². The molecule has 15 heavy (non-hydrogen) atoms. The second-order valence-corrected chi connectivity index (χ2v) is 4.78. The predicted molar refractivity (Wildman–Crippen MR) is 58.3 cm³/mol. The van der Waals surface area contributed by atoms with Crippen LogP contribution in [0.25, 0.3) is 0 Å². The molecular formula is C12H14ClFO. The third kappa shape index (κ3) is 1.77. The highest BCUT2D eigenvalue weighted by Crippen LogP contribution is 2.44. The Morgan fingerprint density at radius 2 is 2.27 bits per heavy atom. The predicted octanol–water partition coefficient (Wildman–Crippen LogP) is 3.49. The van der Waals surface area contributed by atoms with Crippen molar-refractivity contribution in [2.45, 2.75) is 31.8 Å². The van der Waals surface area contributed by atoms with Crippen molar-refractivity contribution in [2.24, 2.45) is 5.92 Å². The Labute approximate surface area is 93.9 Å². The molecule has 3 heteroatoms. The molecule has 0 saturated heterocycles. The van der Waals surface area contributed by atoms with Crippen LogP contribution in [0.5, 0.6) is 0 Å². The van der Waals surface area contributed by atoms with E-state index in [1.54, 1.807) is 12.1 Å². The molecule has 0 aliphatic heterocycles. The average molecular weight is 229 g/mol. The molecule has 82 valence electrons. The molecule has 2 rings (SSSR count). The van der Waals surface area contributed by atoms with Gasteiger partial charge in [0.05, 0.1) is 5.60 Å². The molecular weight excluding hydrogens is 215 g/mol. The minimum atomic E-state index is -1.01. The van der Waals surface area contributed by atoms with Crippen LogP contribution in [0.4, 0.5) is 4.39 Å². The maximum absolute atomic E-state index is 13.7. The first-order valence-corrected chi connectivity index (χ1v) is 5.60. The molecule has 1 saturated carbocycles. The van der Waals surface area contributed by atoms with Crippen molar-refractivity contribution in [2.75, 3.05) is 0 Å². The summed E-state index contributed by atoms with van der Waals surface area (Å²) < 4.78 is 13.7. The summed E-state index contributed by atoms with van der Waals surface area (Å²) in [6.07, 6.45) is 2.52. The fourth-order valence-corrected chi connectivity index (χ4v) is 2.56. The third-order valence-corrected chi connectivity index (χ3v) is 3.64. The molecule has 2 atom stereocenters. The fourth-order valence-electron chi connectivity index (χ4n) is 2.40. The van der Waals surface area contributed by atoms with E-state index in [4.69, 9.17) is 11.6 Å². The number of hydrogen-bond donors (Lipinski definition) is 1. The molecule has 1 N–H and O–H groups in total. The summed E-state index contributed by atoms with van der Waals surface area (Å²) in [7, 11) is 0. The fraction of sp³-hybridized carbons (Fsp3) is 0.500. The van der Waals surface area contributed by atoms with E-state index >= 15 is 0 Å². The molecule has 0 spiro atoms. The highest BCUT2D eigenvalue weighted by atomic mass is 35.5. The van der Waals surface area contributed by atoms with Gasteiger partial charge in [-0.15, -0.1) is 0 Å². The van der Waals surface area contributed by atoms with Gasteiger partial charge in [0.1, 0.15) is 5.82 Å². The van der Waals surface area contributed by atoms with Gasteiger partial charge in [-0.05, 0) is 37.3 Å². The van der Waals surface area contributed by atoms with E-state index in [9.17, 15) is 9.50 Å². The Balaban J connectivity index is 2.44. The van der Waals surface area contributed by atoms with Gasteiger partial charge in [-0.3, -0.25) is 0 Å². The van der Waals surface area contributed by atoms with Crippen molar-refractivity contribution < 1.29 is 9.50 Å². The Morgan fingerprint density at radius 3 is 2.80 bits per heavy atom. The van der Waals surface area contributed by atoms with Gasteiger partial charge >= 0.3 is 0 Å². The van der Waals surface area contributed by atoms with Gasteiger partial charge in [0.25, 0.3) is 0 Å². The lowest BCUT2D eigenvalue weighted by Crippen LogP contribution is -2.29. The number of rotatable bonds is 1. The lowest BCUT2D eigenvalue weighted by Gasteiger charge is -2.28. The topological polar surface area (TPSA) is 20.2 Å². The van der Waals surface area contributed by atoms with Crippen molar-refractivity contribution in [3.05, 3.63) is 34.6 Å². The summed E-state index contributed by atoms with van der Waals surface area (Å²) in [5.74, 6) is -0.299. The van der Waals surface area contributed by atoms with Crippen molar-refractivity contribution in [3.8, 4) is 0 Å². The SMILES string of the molecule is CC1CCCC1(O)c1ccc(Cl)cc1F. The highest BCUT2D eigenvalue weighted by Gasteiger charge is 2.41. The zero-order valence-electron chi connectivity index (χ0n) is 8.63. The van der Waals surface area contributed by atoms with Gasteiger partial charge in [0.2, 0.25) is 0 Å². The largest absolute Gasteiger partial charge is 0.385 e. The molecule has 0 bridgehead atoms. The summed E-state index contributed by atoms with van der Waals surface area (Å²) in [6.45, 7) is 1.96. The number of aliphatic hydroxyl groups is 1. The van der Waals surface area contributed by atoms with Crippen LogP contribution in [0.3, 0.4) is 0 Å². The van der Waals surface area contributed by atoms with Crippen molar-refractivity contribution >= 4 is 11.6 Å². The molecule has 1 aliphatic rings. The quantitative estimate of drug-likeness (QED) is 0.780. The Morgan fingerprint density at radius 1 is 1.53 bits per heavy atom. The second-order valence-electron chi connectivity index (χ2n) is 4.34. The molecule has 1 nitrogen and oxygen atoms in total. The zero-order chi connectivity index (χ0) is 11.1. The van der Waals surface area contributed by atoms with Gasteiger partial charge in [-0.2, -0.15) is 0 Å². The highest BCUT2D eigenvalue weighted by molar-refractivity contribution is 6.30. The van der Waals surface area contributed by atoms with Gasteiger partial charge < -0.3 is 5.11 Å². The van der Waals surface area contributed by atoms with E-state index in [2.05, 4.69) is 0 Å². The average Bonchev–Trinajstić information content (AvgIpc) is 2.47. The normalized spacial score (nSPS) is 30.8. The first-order valence-electron chi connectivity index (χ1n) is 5.22. The Bertz CT molecular complexity index is 380. The molecule has 0 aromatic heterocycles. The van der Waals surface area contributed by atoms with Gasteiger partial charge in [0.15, 0.2) is 0 Å². The maximum Gasteiger partial charge on any atom is 0.130 e. The number of benzene rings is 1. The third-order valence-electron chi connectivity index (χ3n) is 3.41. The van der Waals surface area contributed by atoms with Crippen LogP contribution >= 0.6 is 11.6 Å². The zero-order valence-corrected chi connectivity index (χ0v) is 9.39. The molecule has 1 fully saturated rings. The van der Waals surface area contributed by atoms with Gasteiger partial charge in [-0.25, -0.2) is 4.39 Å². The molecule has 0 radical (unpaired) electrons. The van der Waals surface area contributed by atoms with E-state index < -0.39 is 11.4 Å². The smallest absolute Gasteiger partial charge is 0.130 e. The van der Waals surface area contributed by atoms with Gasteiger partial charge in [0, 0.05) is 10.6 Å². The van der Waals surface area contributed by atoms with Crippen LogP contribution in [-0.2, 0) is 5.60 Å². The Kier molecular flexibility index (Phi) is 2.73. The van der Waals surface area contributed by atoms with E-state index in [0.29, 0.717) is 17.0 Å². The summed E-state index contributed by atoms with van der Waals surface area (Å²) in [5.41, 5.74) is -0.619. The van der Waals surface area contributed by atoms with Crippen molar-refractivity contribution in [1.29, 1.82) is 0 Å². The molecule has 0 amide bonds. The molecule has 1 aromatic carbocycles. The van der Waals surface area contributed by atoms with Crippen LogP contribution in [0.1, 0.15) is 31.7 Å². The van der Waals surface area contributed by atoms with Crippen LogP contribution in [-0.4, -0.2) is 5.11 Å². The van der Waals surface area contributed by atoms with Crippen LogP contribution in [0, 0.1) is 11.7 Å². The molecule has 0 heterocycles. The van der Waals surface area contributed by atoms with E-state index in [-0.39, 0.29) is 5.92 Å². The van der Waals surface area contributed by atoms with E-state index in [1.807, 2.05) is 6.92 Å². The van der Waals surface area contributed by atoms with Crippen LogP contribution < -0.4 is 0 Å². The van der Waals surface area contributed by atoms with Crippen molar-refractivity contribution in [1.82, 2.24) is 0 Å². The second kappa shape index (κ2) is 3.76. The first-order chi connectivity index (χ1) is 7.04. The number of hydrogen-bond acceptors (Lipinski definition) is 1. The summed E-state index contributed by atoms with van der Waals surface area (Å²) >= 11 is 5.68. The molecule has 2 unspecified atom stereocenters. The first kappa shape index (κ1) is 10.9. The molecule has 1 aliphatic carbocycles. The summed E-state index contributed by atoms with van der Waals surface area (Å²) in [5, 5.41) is 10.8. The van der Waals surface area contributed by atoms with E-state index in [1.165, 1.54) is 6.07 Å². The van der Waals surface area contributed by atoms with Crippen LogP contribution in [0.2, 0.25) is 5.02 Å². The summed E-state index contributed by atoms with van der Waals surface area (Å²) in [6, 6.07) is 4.49. The van der Waals surface area contributed by atoms with Crippen LogP contribution in [0.15, 0.2) is 18.2 Å². The molecule has 1 aromatic rings. The van der Waals surface area contributed by atoms with E-state index in [0.717, 1.165) is 12.8 Å². The van der Waals surface area contributed by atoms with Gasteiger partial charge in [-0.1, -0.05) is 24.6 Å². The monoisotopic (exact) mass is 228 g/mol. The minimum Gasteiger partial charge on any atom is -0.385 e. The standard InChI is InChI=1S/C12H14ClFO/c1-8-3-2-6-12(8,15)10-5-4-9(13)7-11(10)14/h4-5,7-8,15H,2-3,6H2,1H3. The maximum atomic E-state index is 13.7. The lowest BCUT2D eigenvalue weighted by molar-refractivity contribution is 0.00122. The number of halogens is 2. The Hall–Kier alpha value is -0.600.